The van der Waals surface area contributed by atoms with Gasteiger partial charge in [0.25, 0.3) is 0 Å². The number of nitrogens with two attached hydrogens (primary N) is 1. The molecule has 3 atom stereocenters. The van der Waals surface area contributed by atoms with Crippen molar-refractivity contribution in [2.75, 3.05) is 0 Å². The van der Waals surface area contributed by atoms with Gasteiger partial charge in [-0.2, -0.15) is 0 Å². The first-order chi connectivity index (χ1) is 7.70. The first-order valence-corrected chi connectivity index (χ1v) is 6.51. The second-order valence-corrected chi connectivity index (χ2v) is 5.16. The highest BCUT2D eigenvalue weighted by Crippen LogP contribution is 2.31. The molecule has 1 fully saturated rings. The smallest absolute Gasteiger partial charge is 0.109 e. The maximum atomic E-state index is 6.01. The van der Waals surface area contributed by atoms with Crippen LogP contribution in [0.3, 0.4) is 0 Å². The summed E-state index contributed by atoms with van der Waals surface area (Å²) in [5.74, 6) is 2.30. The summed E-state index contributed by atoms with van der Waals surface area (Å²) in [5.41, 5.74) is 7.29. The van der Waals surface area contributed by atoms with Gasteiger partial charge in [-0.25, -0.2) is 4.98 Å². The molecule has 0 amide bonds. The monoisotopic (exact) mass is 221 g/mol. The summed E-state index contributed by atoms with van der Waals surface area (Å²) in [7, 11) is 0. The van der Waals surface area contributed by atoms with E-state index in [4.69, 9.17) is 5.73 Å². The molecule has 1 aromatic heterocycles. The van der Waals surface area contributed by atoms with E-state index < -0.39 is 0 Å². The molecule has 16 heavy (non-hydrogen) atoms. The van der Waals surface area contributed by atoms with Crippen LogP contribution in [0.5, 0.6) is 0 Å². The van der Waals surface area contributed by atoms with E-state index in [1.807, 2.05) is 6.20 Å². The van der Waals surface area contributed by atoms with Crippen LogP contribution in [-0.2, 0) is 0 Å². The zero-order chi connectivity index (χ0) is 11.5. The highest BCUT2D eigenvalue weighted by Gasteiger charge is 2.23. The Hall–Kier alpha value is -0.830. The number of imidazole rings is 1. The minimum absolute atomic E-state index is 0.371. The quantitative estimate of drug-likeness (QED) is 0.824. The van der Waals surface area contributed by atoms with Gasteiger partial charge in [-0.05, 0) is 31.6 Å². The molecular weight excluding hydrogens is 198 g/mol. The van der Waals surface area contributed by atoms with Gasteiger partial charge < -0.3 is 10.7 Å². The SMILES string of the molecule is CCC(C)c1cnc(C2CCCC(N)C2)[nH]1. The van der Waals surface area contributed by atoms with Crippen molar-refractivity contribution < 1.29 is 0 Å². The summed E-state index contributed by atoms with van der Waals surface area (Å²) < 4.78 is 0. The molecule has 0 aromatic carbocycles. The fourth-order valence-corrected chi connectivity index (χ4v) is 2.51. The van der Waals surface area contributed by atoms with E-state index in [1.165, 1.54) is 25.0 Å². The summed E-state index contributed by atoms with van der Waals surface area (Å²) in [6, 6.07) is 0.371. The Bertz CT molecular complexity index is 332. The lowest BCUT2D eigenvalue weighted by Gasteiger charge is -2.25. The molecule has 0 saturated heterocycles. The molecule has 90 valence electrons. The minimum atomic E-state index is 0.371. The molecule has 3 nitrogen and oxygen atoms in total. The summed E-state index contributed by atoms with van der Waals surface area (Å²) >= 11 is 0. The molecule has 1 aromatic rings. The Morgan fingerprint density at radius 2 is 2.38 bits per heavy atom. The van der Waals surface area contributed by atoms with E-state index >= 15 is 0 Å². The summed E-state index contributed by atoms with van der Waals surface area (Å²) in [6.45, 7) is 4.45. The Labute approximate surface area is 97.8 Å². The van der Waals surface area contributed by atoms with E-state index in [0.29, 0.717) is 17.9 Å². The zero-order valence-corrected chi connectivity index (χ0v) is 10.4. The van der Waals surface area contributed by atoms with E-state index in [1.54, 1.807) is 0 Å². The van der Waals surface area contributed by atoms with Crippen molar-refractivity contribution in [3.8, 4) is 0 Å². The molecule has 2 rings (SSSR count). The standard InChI is InChI=1S/C13H23N3/c1-3-9(2)12-8-15-13(16-12)10-5-4-6-11(14)7-10/h8-11H,3-7,14H2,1-2H3,(H,15,16). The lowest BCUT2D eigenvalue weighted by atomic mass is 9.86. The van der Waals surface area contributed by atoms with Crippen molar-refractivity contribution >= 4 is 0 Å². The largest absolute Gasteiger partial charge is 0.345 e. The van der Waals surface area contributed by atoms with Crippen molar-refractivity contribution in [1.82, 2.24) is 9.97 Å². The average molecular weight is 221 g/mol. The van der Waals surface area contributed by atoms with Crippen molar-refractivity contribution in [2.45, 2.75) is 63.8 Å². The highest BCUT2D eigenvalue weighted by molar-refractivity contribution is 5.10. The van der Waals surface area contributed by atoms with Crippen LogP contribution in [0.1, 0.15) is 69.3 Å². The maximum absolute atomic E-state index is 6.01. The van der Waals surface area contributed by atoms with E-state index in [9.17, 15) is 0 Å². The van der Waals surface area contributed by atoms with E-state index in [-0.39, 0.29) is 0 Å². The number of aromatic amines is 1. The Morgan fingerprint density at radius 3 is 3.06 bits per heavy atom. The van der Waals surface area contributed by atoms with Crippen LogP contribution in [0.25, 0.3) is 0 Å². The zero-order valence-electron chi connectivity index (χ0n) is 10.4. The number of nitrogens with one attached hydrogen (secondary N) is 1. The molecule has 1 aliphatic carbocycles. The lowest BCUT2D eigenvalue weighted by Crippen LogP contribution is -2.27. The number of rotatable bonds is 3. The number of hydrogen-bond donors (Lipinski definition) is 2. The molecule has 1 aliphatic rings. The Morgan fingerprint density at radius 1 is 1.56 bits per heavy atom. The van der Waals surface area contributed by atoms with Crippen LogP contribution in [0.4, 0.5) is 0 Å². The van der Waals surface area contributed by atoms with Crippen LogP contribution in [0.15, 0.2) is 6.20 Å². The fraction of sp³-hybridized carbons (Fsp3) is 0.769. The number of nitrogens with zero attached hydrogens (tertiary/aromatic N) is 1. The van der Waals surface area contributed by atoms with Crippen molar-refractivity contribution in [3.63, 3.8) is 0 Å². The Balaban J connectivity index is 2.06. The third-order valence-electron chi connectivity index (χ3n) is 3.86. The van der Waals surface area contributed by atoms with Gasteiger partial charge in [0.1, 0.15) is 5.82 Å². The molecule has 1 heterocycles. The number of aromatic nitrogens is 2. The van der Waals surface area contributed by atoms with Crippen LogP contribution in [0, 0.1) is 0 Å². The summed E-state index contributed by atoms with van der Waals surface area (Å²) in [6.07, 6.45) is 7.91. The third-order valence-corrected chi connectivity index (χ3v) is 3.86. The highest BCUT2D eigenvalue weighted by atomic mass is 14.9. The van der Waals surface area contributed by atoms with Gasteiger partial charge in [0, 0.05) is 23.9 Å². The normalized spacial score (nSPS) is 27.9. The Kier molecular flexibility index (Phi) is 3.64. The van der Waals surface area contributed by atoms with Crippen LogP contribution in [0.2, 0.25) is 0 Å². The topological polar surface area (TPSA) is 54.7 Å². The van der Waals surface area contributed by atoms with Crippen LogP contribution in [-0.4, -0.2) is 16.0 Å². The van der Waals surface area contributed by atoms with Crippen LogP contribution < -0.4 is 5.73 Å². The molecule has 0 radical (unpaired) electrons. The first kappa shape index (κ1) is 11.6. The van der Waals surface area contributed by atoms with Gasteiger partial charge in [0.2, 0.25) is 0 Å². The van der Waals surface area contributed by atoms with Crippen molar-refractivity contribution in [1.29, 1.82) is 0 Å². The minimum Gasteiger partial charge on any atom is -0.345 e. The molecule has 0 aliphatic heterocycles. The predicted octanol–water partition coefficient (Wildman–Crippen LogP) is 2.91. The van der Waals surface area contributed by atoms with Gasteiger partial charge in [-0.1, -0.05) is 20.3 Å². The average Bonchev–Trinajstić information content (AvgIpc) is 2.77. The molecule has 0 bridgehead atoms. The van der Waals surface area contributed by atoms with Gasteiger partial charge in [0.15, 0.2) is 0 Å². The molecule has 0 spiro atoms. The predicted molar refractivity (Wildman–Crippen MR) is 66.5 cm³/mol. The van der Waals surface area contributed by atoms with Crippen LogP contribution >= 0.6 is 0 Å². The molecule has 3 unspecified atom stereocenters. The van der Waals surface area contributed by atoms with Gasteiger partial charge in [-0.3, -0.25) is 0 Å². The first-order valence-electron chi connectivity index (χ1n) is 6.51. The van der Waals surface area contributed by atoms with E-state index in [2.05, 4.69) is 23.8 Å². The summed E-state index contributed by atoms with van der Waals surface area (Å²) in [5, 5.41) is 0. The lowest BCUT2D eigenvalue weighted by molar-refractivity contribution is 0.383. The fourth-order valence-electron chi connectivity index (χ4n) is 2.51. The van der Waals surface area contributed by atoms with Gasteiger partial charge >= 0.3 is 0 Å². The number of hydrogen-bond acceptors (Lipinski definition) is 2. The number of H-pyrrole nitrogens is 1. The molecule has 3 heteroatoms. The van der Waals surface area contributed by atoms with Gasteiger partial charge in [0.05, 0.1) is 0 Å². The maximum Gasteiger partial charge on any atom is 0.109 e. The second-order valence-electron chi connectivity index (χ2n) is 5.16. The second kappa shape index (κ2) is 5.00. The molecule has 1 saturated carbocycles. The van der Waals surface area contributed by atoms with Gasteiger partial charge in [-0.15, -0.1) is 0 Å². The molecule has 3 N–H and O–H groups in total. The third kappa shape index (κ3) is 2.46. The van der Waals surface area contributed by atoms with Crippen molar-refractivity contribution in [3.05, 3.63) is 17.7 Å². The van der Waals surface area contributed by atoms with Crippen molar-refractivity contribution in [2.24, 2.45) is 5.73 Å². The summed E-state index contributed by atoms with van der Waals surface area (Å²) in [4.78, 5) is 8.02. The van der Waals surface area contributed by atoms with E-state index in [0.717, 1.165) is 18.7 Å². The molecular formula is C13H23N3.